The second kappa shape index (κ2) is 8.24. The van der Waals surface area contributed by atoms with E-state index >= 15 is 0 Å². The molecule has 2 aromatic carbocycles. The van der Waals surface area contributed by atoms with Crippen molar-refractivity contribution >= 4 is 23.0 Å². The summed E-state index contributed by atoms with van der Waals surface area (Å²) in [5.74, 6) is 1.64. The number of pyridine rings is 1. The molecule has 2 aromatic heterocycles. The summed E-state index contributed by atoms with van der Waals surface area (Å²) in [6.07, 6.45) is 3.75. The number of nitrogens with one attached hydrogen (secondary N) is 2. The molecule has 4 aromatic rings. The summed E-state index contributed by atoms with van der Waals surface area (Å²) in [5, 5.41) is 4.13. The molecule has 0 spiro atoms. The fourth-order valence-corrected chi connectivity index (χ4v) is 4.30. The zero-order chi connectivity index (χ0) is 21.2. The number of H-pyrrole nitrogens is 1. The molecule has 0 amide bonds. The lowest BCUT2D eigenvalue weighted by molar-refractivity contribution is 0.479. The number of hydrogen-bond acceptors (Lipinski definition) is 3. The molecule has 5 rings (SSSR count). The van der Waals surface area contributed by atoms with Gasteiger partial charge in [-0.3, -0.25) is 4.98 Å². The lowest BCUT2D eigenvalue weighted by Gasteiger charge is -2.27. The third kappa shape index (κ3) is 3.78. The minimum Gasteiger partial charge on any atom is -0.457 e. The van der Waals surface area contributed by atoms with Crippen LogP contribution in [0.4, 0.5) is 5.69 Å². The van der Waals surface area contributed by atoms with Crippen LogP contribution in [0.25, 0.3) is 0 Å². The van der Waals surface area contributed by atoms with Gasteiger partial charge >= 0.3 is 0 Å². The Morgan fingerprint density at radius 3 is 2.45 bits per heavy atom. The first-order valence-corrected chi connectivity index (χ1v) is 10.6. The van der Waals surface area contributed by atoms with E-state index in [0.717, 1.165) is 34.1 Å². The number of ether oxygens (including phenoxy) is 1. The van der Waals surface area contributed by atoms with Crippen molar-refractivity contribution in [2.24, 2.45) is 0 Å². The average Bonchev–Trinajstić information content (AvgIpc) is 3.44. The summed E-state index contributed by atoms with van der Waals surface area (Å²) in [4.78, 5) is 10.1. The highest BCUT2D eigenvalue weighted by molar-refractivity contribution is 7.80. The molecule has 2 atom stereocenters. The van der Waals surface area contributed by atoms with Gasteiger partial charge in [0.25, 0.3) is 0 Å². The second-order valence-electron chi connectivity index (χ2n) is 7.48. The number of nitrogens with zero attached hydrogens (tertiary/aromatic N) is 2. The molecule has 2 N–H and O–H groups in total. The van der Waals surface area contributed by atoms with Crippen LogP contribution in [0.3, 0.4) is 0 Å². The van der Waals surface area contributed by atoms with Gasteiger partial charge in [-0.15, -0.1) is 0 Å². The Morgan fingerprint density at radius 1 is 0.935 bits per heavy atom. The number of rotatable bonds is 5. The van der Waals surface area contributed by atoms with E-state index in [-0.39, 0.29) is 12.1 Å². The summed E-state index contributed by atoms with van der Waals surface area (Å²) in [5.41, 5.74) is 4.11. The molecule has 3 heterocycles. The van der Waals surface area contributed by atoms with Gasteiger partial charge in [-0.05, 0) is 79.3 Å². The summed E-state index contributed by atoms with van der Waals surface area (Å²) >= 11 is 5.75. The fourth-order valence-electron chi connectivity index (χ4n) is 3.95. The molecule has 154 valence electrons. The molecule has 0 unspecified atom stereocenters. The topological polar surface area (TPSA) is 53.2 Å². The van der Waals surface area contributed by atoms with Crippen LogP contribution in [0.15, 0.2) is 91.3 Å². The third-order valence-corrected chi connectivity index (χ3v) is 5.79. The maximum Gasteiger partial charge on any atom is 0.174 e. The van der Waals surface area contributed by atoms with Gasteiger partial charge in [0.1, 0.15) is 17.5 Å². The Kier molecular flexibility index (Phi) is 5.14. The van der Waals surface area contributed by atoms with Crippen molar-refractivity contribution in [2.45, 2.75) is 19.0 Å². The van der Waals surface area contributed by atoms with Crippen LogP contribution in [-0.4, -0.2) is 15.1 Å². The Labute approximate surface area is 186 Å². The first-order valence-electron chi connectivity index (χ1n) is 10.2. The van der Waals surface area contributed by atoms with Crippen molar-refractivity contribution in [3.63, 3.8) is 0 Å². The van der Waals surface area contributed by atoms with Gasteiger partial charge in [0.2, 0.25) is 0 Å². The SMILES string of the molecule is Cc1ccccc1Oc1ccc(N2C(=S)N[C@H](c3ccccn3)[C@H]2c2ccc[nH]2)cc1. The van der Waals surface area contributed by atoms with Crippen LogP contribution >= 0.6 is 12.2 Å². The van der Waals surface area contributed by atoms with Crippen LogP contribution in [-0.2, 0) is 0 Å². The average molecular weight is 427 g/mol. The fraction of sp³-hybridized carbons (Fsp3) is 0.120. The van der Waals surface area contributed by atoms with Gasteiger partial charge in [0.05, 0.1) is 11.7 Å². The number of aromatic nitrogens is 2. The van der Waals surface area contributed by atoms with Crippen LogP contribution in [0, 0.1) is 6.92 Å². The van der Waals surface area contributed by atoms with Gasteiger partial charge < -0.3 is 19.9 Å². The molecule has 1 fully saturated rings. The molecule has 0 saturated carbocycles. The normalized spacial score (nSPS) is 18.1. The number of aromatic amines is 1. The molecule has 0 radical (unpaired) electrons. The number of hydrogen-bond donors (Lipinski definition) is 2. The molecular weight excluding hydrogens is 404 g/mol. The molecule has 1 saturated heterocycles. The lowest BCUT2D eigenvalue weighted by Crippen LogP contribution is -2.29. The largest absolute Gasteiger partial charge is 0.457 e. The van der Waals surface area contributed by atoms with E-state index in [4.69, 9.17) is 17.0 Å². The van der Waals surface area contributed by atoms with E-state index in [1.54, 1.807) is 0 Å². The summed E-state index contributed by atoms with van der Waals surface area (Å²) in [7, 11) is 0. The van der Waals surface area contributed by atoms with Crippen molar-refractivity contribution in [1.82, 2.24) is 15.3 Å². The maximum absolute atomic E-state index is 6.06. The van der Waals surface area contributed by atoms with Gasteiger partial charge in [0.15, 0.2) is 5.11 Å². The number of anilines is 1. The molecule has 1 aliphatic heterocycles. The zero-order valence-electron chi connectivity index (χ0n) is 17.0. The summed E-state index contributed by atoms with van der Waals surface area (Å²) < 4.78 is 6.06. The predicted octanol–water partition coefficient (Wildman–Crippen LogP) is 5.69. The van der Waals surface area contributed by atoms with E-state index in [2.05, 4.69) is 26.3 Å². The van der Waals surface area contributed by atoms with E-state index in [1.165, 1.54) is 0 Å². The molecule has 5 nitrogen and oxygen atoms in total. The number of aryl methyl sites for hydroxylation is 1. The Balaban J connectivity index is 1.46. The van der Waals surface area contributed by atoms with Crippen molar-refractivity contribution in [3.05, 3.63) is 108 Å². The summed E-state index contributed by atoms with van der Waals surface area (Å²) in [6.45, 7) is 2.04. The Hall–Kier alpha value is -3.64. The van der Waals surface area contributed by atoms with Crippen molar-refractivity contribution in [2.75, 3.05) is 4.90 Å². The summed E-state index contributed by atoms with van der Waals surface area (Å²) in [6, 6.07) is 26.0. The zero-order valence-corrected chi connectivity index (χ0v) is 17.8. The standard InChI is InChI=1S/C25H22N4OS/c1-17-7-2-3-10-22(17)30-19-13-11-18(12-14-19)29-24(21-9-6-16-27-21)23(28-25(29)31)20-8-4-5-15-26-20/h2-16,23-24,27H,1H3,(H,28,31)/t23-,24-/m1/s1. The Morgan fingerprint density at radius 2 is 1.74 bits per heavy atom. The van der Waals surface area contributed by atoms with Crippen LogP contribution in [0.1, 0.15) is 29.0 Å². The molecule has 0 bridgehead atoms. The molecule has 1 aliphatic rings. The van der Waals surface area contributed by atoms with Gasteiger partial charge in [0, 0.05) is 23.8 Å². The first kappa shape index (κ1) is 19.3. The Bertz CT molecular complexity index is 1180. The maximum atomic E-state index is 6.06. The number of para-hydroxylation sites is 1. The van der Waals surface area contributed by atoms with Gasteiger partial charge in [-0.2, -0.15) is 0 Å². The minimum atomic E-state index is -0.0600. The van der Waals surface area contributed by atoms with Gasteiger partial charge in [-0.1, -0.05) is 24.3 Å². The van der Waals surface area contributed by atoms with E-state index in [9.17, 15) is 0 Å². The quantitative estimate of drug-likeness (QED) is 0.402. The highest BCUT2D eigenvalue weighted by Crippen LogP contribution is 2.41. The van der Waals surface area contributed by atoms with Crippen molar-refractivity contribution in [3.8, 4) is 11.5 Å². The van der Waals surface area contributed by atoms with Crippen LogP contribution < -0.4 is 15.0 Å². The predicted molar refractivity (Wildman–Crippen MR) is 126 cm³/mol. The monoisotopic (exact) mass is 426 g/mol. The number of benzene rings is 2. The lowest BCUT2D eigenvalue weighted by atomic mass is 10.0. The minimum absolute atomic E-state index is 0.0412. The first-order chi connectivity index (χ1) is 15.2. The van der Waals surface area contributed by atoms with E-state index in [1.807, 2.05) is 92.1 Å². The number of thiocarbonyl (C=S) groups is 1. The molecule has 6 heteroatoms. The van der Waals surface area contributed by atoms with Crippen LogP contribution in [0.2, 0.25) is 0 Å². The highest BCUT2D eigenvalue weighted by atomic mass is 32.1. The van der Waals surface area contributed by atoms with Crippen molar-refractivity contribution in [1.29, 1.82) is 0 Å². The van der Waals surface area contributed by atoms with E-state index in [0.29, 0.717) is 5.11 Å². The van der Waals surface area contributed by atoms with Gasteiger partial charge in [-0.25, -0.2) is 0 Å². The molecular formula is C25H22N4OS. The highest BCUT2D eigenvalue weighted by Gasteiger charge is 2.41. The van der Waals surface area contributed by atoms with Crippen molar-refractivity contribution < 1.29 is 4.74 Å². The van der Waals surface area contributed by atoms with Crippen LogP contribution in [0.5, 0.6) is 11.5 Å². The smallest absolute Gasteiger partial charge is 0.174 e. The molecule has 31 heavy (non-hydrogen) atoms. The second-order valence-corrected chi connectivity index (χ2v) is 7.87. The third-order valence-electron chi connectivity index (χ3n) is 5.48. The molecule has 0 aliphatic carbocycles. The van der Waals surface area contributed by atoms with E-state index < -0.39 is 0 Å².